The van der Waals surface area contributed by atoms with Crippen LogP contribution in [0.25, 0.3) is 11.3 Å². The number of hydrogen-bond donors (Lipinski definition) is 3. The average Bonchev–Trinajstić information content (AvgIpc) is 3.54. The fraction of sp³-hybridized carbons (Fsp3) is 0.172. The summed E-state index contributed by atoms with van der Waals surface area (Å²) in [5.41, 5.74) is 2.55. The quantitative estimate of drug-likeness (QED) is 0.221. The Morgan fingerprint density at radius 1 is 1.10 bits per heavy atom. The first-order valence-electron chi connectivity index (χ1n) is 12.3. The van der Waals surface area contributed by atoms with E-state index in [0.717, 1.165) is 5.69 Å². The number of halogens is 1. The number of carboxylic acids is 1. The predicted octanol–water partition coefficient (Wildman–Crippen LogP) is 6.46. The second-order valence-corrected chi connectivity index (χ2v) is 10.2. The summed E-state index contributed by atoms with van der Waals surface area (Å²) < 4.78 is 6.31. The molecule has 3 N–H and O–H groups in total. The molecule has 0 aliphatic carbocycles. The second kappa shape index (κ2) is 10.9. The fourth-order valence-corrected chi connectivity index (χ4v) is 5.06. The Kier molecular flexibility index (Phi) is 7.36. The normalized spacial score (nSPS) is 16.8. The second-order valence-electron chi connectivity index (χ2n) is 9.36. The summed E-state index contributed by atoms with van der Waals surface area (Å²) in [5, 5.41) is 16.7. The molecule has 198 valence electrons. The minimum Gasteiger partial charge on any atom is -0.478 e. The van der Waals surface area contributed by atoms with Gasteiger partial charge in [0.2, 0.25) is 5.91 Å². The summed E-state index contributed by atoms with van der Waals surface area (Å²) in [4.78, 5) is 30.5. The van der Waals surface area contributed by atoms with Gasteiger partial charge in [-0.2, -0.15) is 0 Å². The van der Waals surface area contributed by atoms with Crippen LogP contribution in [0.15, 0.2) is 83.4 Å². The predicted molar refractivity (Wildman–Crippen MR) is 154 cm³/mol. The number of aromatic carboxylic acids is 1. The van der Waals surface area contributed by atoms with Crippen molar-refractivity contribution in [2.45, 2.75) is 25.9 Å². The van der Waals surface area contributed by atoms with Crippen molar-refractivity contribution in [1.82, 2.24) is 10.3 Å². The van der Waals surface area contributed by atoms with Crippen LogP contribution in [0.4, 0.5) is 11.4 Å². The van der Waals surface area contributed by atoms with Gasteiger partial charge in [0.25, 0.3) is 0 Å². The van der Waals surface area contributed by atoms with E-state index >= 15 is 0 Å². The molecule has 2 aromatic heterocycles. The first kappa shape index (κ1) is 26.4. The van der Waals surface area contributed by atoms with Crippen LogP contribution >= 0.6 is 23.8 Å². The number of nitrogens with zero attached hydrogens (tertiary/aromatic N) is 2. The summed E-state index contributed by atoms with van der Waals surface area (Å²) in [6, 6.07) is 20.4. The molecule has 3 heterocycles. The zero-order valence-corrected chi connectivity index (χ0v) is 22.7. The Morgan fingerprint density at radius 3 is 2.56 bits per heavy atom. The molecule has 0 saturated carbocycles. The van der Waals surface area contributed by atoms with Crippen molar-refractivity contribution < 1.29 is 19.1 Å². The van der Waals surface area contributed by atoms with E-state index in [1.165, 1.54) is 6.07 Å². The molecule has 0 unspecified atom stereocenters. The van der Waals surface area contributed by atoms with E-state index in [1.807, 2.05) is 35.2 Å². The third kappa shape index (κ3) is 5.23. The van der Waals surface area contributed by atoms with E-state index in [2.05, 4.69) is 15.6 Å². The number of hydrogen-bond acceptors (Lipinski definition) is 5. The highest BCUT2D eigenvalue weighted by molar-refractivity contribution is 7.80. The maximum Gasteiger partial charge on any atom is 0.336 e. The number of aromatic nitrogens is 1. The molecule has 2 aromatic carbocycles. The first-order chi connectivity index (χ1) is 18.7. The number of furan rings is 1. The number of benzene rings is 2. The zero-order chi connectivity index (χ0) is 27.7. The number of carbonyl (C=O) groups excluding carboxylic acids is 1. The fourth-order valence-electron chi connectivity index (χ4n) is 4.50. The molecule has 1 amide bonds. The molecule has 5 rings (SSSR count). The molecule has 1 fully saturated rings. The smallest absolute Gasteiger partial charge is 0.336 e. The van der Waals surface area contributed by atoms with Gasteiger partial charge in [0.15, 0.2) is 5.11 Å². The Labute approximate surface area is 235 Å². The summed E-state index contributed by atoms with van der Waals surface area (Å²) in [6.07, 6.45) is 1.71. The number of amides is 1. The SMILES string of the molecule is CC(C)C(=O)Nc1ccc(N2C(=S)N[C@H](c3ccccn3)[C@@H]2c2ccc(-c3ccccc3C(=O)O)o2)cc1Cl. The van der Waals surface area contributed by atoms with Crippen LogP contribution in [0.2, 0.25) is 5.02 Å². The minimum absolute atomic E-state index is 0.138. The Bertz CT molecular complexity index is 1560. The molecular formula is C29H25ClN4O4S. The number of pyridine rings is 1. The van der Waals surface area contributed by atoms with Crippen molar-refractivity contribution in [3.8, 4) is 11.3 Å². The van der Waals surface area contributed by atoms with Gasteiger partial charge in [-0.15, -0.1) is 0 Å². The molecule has 0 radical (unpaired) electrons. The highest BCUT2D eigenvalue weighted by Crippen LogP contribution is 2.44. The van der Waals surface area contributed by atoms with Crippen molar-refractivity contribution in [3.05, 3.63) is 101 Å². The van der Waals surface area contributed by atoms with Crippen LogP contribution in [0.5, 0.6) is 0 Å². The molecule has 1 aliphatic rings. The number of carbonyl (C=O) groups is 2. The van der Waals surface area contributed by atoms with Crippen LogP contribution in [0.1, 0.15) is 47.7 Å². The maximum absolute atomic E-state index is 12.2. The van der Waals surface area contributed by atoms with Gasteiger partial charge < -0.3 is 25.1 Å². The van der Waals surface area contributed by atoms with E-state index < -0.39 is 12.0 Å². The molecule has 0 spiro atoms. The van der Waals surface area contributed by atoms with Crippen molar-refractivity contribution in [2.24, 2.45) is 5.92 Å². The number of nitrogens with one attached hydrogen (secondary N) is 2. The van der Waals surface area contributed by atoms with Crippen molar-refractivity contribution in [3.63, 3.8) is 0 Å². The summed E-state index contributed by atoms with van der Waals surface area (Å²) >= 11 is 12.4. The zero-order valence-electron chi connectivity index (χ0n) is 21.1. The monoisotopic (exact) mass is 560 g/mol. The number of rotatable bonds is 7. The van der Waals surface area contributed by atoms with Crippen LogP contribution in [0.3, 0.4) is 0 Å². The van der Waals surface area contributed by atoms with Gasteiger partial charge in [0, 0.05) is 23.4 Å². The molecular weight excluding hydrogens is 536 g/mol. The maximum atomic E-state index is 12.2. The molecule has 1 saturated heterocycles. The van der Waals surface area contributed by atoms with E-state index in [9.17, 15) is 14.7 Å². The van der Waals surface area contributed by atoms with Gasteiger partial charge in [0.1, 0.15) is 17.6 Å². The first-order valence-corrected chi connectivity index (χ1v) is 13.1. The molecule has 39 heavy (non-hydrogen) atoms. The lowest BCUT2D eigenvalue weighted by molar-refractivity contribution is -0.118. The van der Waals surface area contributed by atoms with E-state index in [0.29, 0.717) is 38.6 Å². The van der Waals surface area contributed by atoms with Gasteiger partial charge in [0.05, 0.1) is 28.0 Å². The van der Waals surface area contributed by atoms with Gasteiger partial charge >= 0.3 is 5.97 Å². The largest absolute Gasteiger partial charge is 0.478 e. The average molecular weight is 561 g/mol. The third-order valence-electron chi connectivity index (χ3n) is 6.45. The molecule has 2 atom stereocenters. The van der Waals surface area contributed by atoms with E-state index in [-0.39, 0.29) is 23.4 Å². The van der Waals surface area contributed by atoms with E-state index in [1.54, 1.807) is 56.4 Å². The molecule has 8 nitrogen and oxygen atoms in total. The minimum atomic E-state index is -1.04. The Balaban J connectivity index is 1.57. The Hall–Kier alpha value is -4.21. The lowest BCUT2D eigenvalue weighted by Crippen LogP contribution is -2.29. The lowest BCUT2D eigenvalue weighted by Gasteiger charge is -2.26. The van der Waals surface area contributed by atoms with Crippen molar-refractivity contribution >= 4 is 52.2 Å². The van der Waals surface area contributed by atoms with Gasteiger partial charge in [-0.25, -0.2) is 4.79 Å². The number of thiocarbonyl (C=S) groups is 1. The highest BCUT2D eigenvalue weighted by atomic mass is 35.5. The van der Waals surface area contributed by atoms with Crippen LogP contribution in [-0.4, -0.2) is 27.1 Å². The van der Waals surface area contributed by atoms with Gasteiger partial charge in [-0.05, 0) is 60.7 Å². The van der Waals surface area contributed by atoms with Gasteiger partial charge in [-0.3, -0.25) is 9.78 Å². The molecule has 0 bridgehead atoms. The third-order valence-corrected chi connectivity index (χ3v) is 7.08. The molecule has 4 aromatic rings. The summed E-state index contributed by atoms with van der Waals surface area (Å²) in [6.45, 7) is 3.61. The topological polar surface area (TPSA) is 108 Å². The standard InChI is InChI=1S/C29H25ClN4O4S/c1-16(2)27(35)32-21-11-10-17(15-20(21)30)34-26(25(33-29(34)39)22-9-5-6-14-31-22)24-13-12-23(38-24)18-7-3-4-8-19(18)28(36)37/h3-16,25-26H,1-2H3,(H,32,35)(H,33,39)(H,36,37)/t25-,26+/m1/s1. The van der Waals surface area contributed by atoms with Crippen LogP contribution < -0.4 is 15.5 Å². The molecule has 1 aliphatic heterocycles. The van der Waals surface area contributed by atoms with Gasteiger partial charge in [-0.1, -0.05) is 49.7 Å². The number of anilines is 2. The van der Waals surface area contributed by atoms with E-state index in [4.69, 9.17) is 28.2 Å². The Morgan fingerprint density at radius 2 is 1.87 bits per heavy atom. The van der Waals surface area contributed by atoms with Crippen LogP contribution in [0, 0.1) is 5.92 Å². The summed E-state index contributed by atoms with van der Waals surface area (Å²) in [5.74, 6) is -0.397. The number of carboxylic acid groups (broad SMARTS) is 1. The lowest BCUT2D eigenvalue weighted by atomic mass is 10.0. The van der Waals surface area contributed by atoms with Crippen molar-refractivity contribution in [1.29, 1.82) is 0 Å². The summed E-state index contributed by atoms with van der Waals surface area (Å²) in [7, 11) is 0. The van der Waals surface area contributed by atoms with Crippen LogP contribution in [-0.2, 0) is 4.79 Å². The molecule has 10 heteroatoms. The highest BCUT2D eigenvalue weighted by Gasteiger charge is 2.43. The van der Waals surface area contributed by atoms with Crippen molar-refractivity contribution in [2.75, 3.05) is 10.2 Å².